The van der Waals surface area contributed by atoms with Crippen molar-refractivity contribution in [2.75, 3.05) is 6.61 Å². The first-order valence-electron chi connectivity index (χ1n) is 4.12. The molecule has 0 saturated heterocycles. The van der Waals surface area contributed by atoms with Crippen LogP contribution in [0.3, 0.4) is 0 Å². The van der Waals surface area contributed by atoms with Crippen LogP contribution in [0.15, 0.2) is 16.6 Å². The van der Waals surface area contributed by atoms with E-state index in [1.807, 2.05) is 0 Å². The number of hydrogen-bond donors (Lipinski definition) is 1. The number of carbonyl (C=O) groups excluding carboxylic acids is 1. The van der Waals surface area contributed by atoms with Crippen LogP contribution in [0.4, 0.5) is 0 Å². The fourth-order valence-electron chi connectivity index (χ4n) is 0.913. The molecule has 1 N–H and O–H groups in total. The molecule has 1 rings (SSSR count). The number of carbonyl (C=O) groups is 1. The van der Waals surface area contributed by atoms with Gasteiger partial charge in [-0.3, -0.25) is 0 Å². The fraction of sp³-hybridized carbons (Fsp3) is 0.333. The van der Waals surface area contributed by atoms with Crippen molar-refractivity contribution in [1.82, 2.24) is 4.98 Å². The van der Waals surface area contributed by atoms with Gasteiger partial charge in [0, 0.05) is 0 Å². The highest BCUT2D eigenvalue weighted by molar-refractivity contribution is 9.10. The molecular formula is C9H10BrNO3. The second-order valence-corrected chi connectivity index (χ2v) is 3.37. The number of aliphatic hydroxyl groups is 1. The molecule has 14 heavy (non-hydrogen) atoms. The third kappa shape index (κ3) is 2.52. The largest absolute Gasteiger partial charge is 0.461 e. The van der Waals surface area contributed by atoms with Crippen molar-refractivity contribution < 1.29 is 14.6 Å². The molecule has 0 atom stereocenters. The zero-order valence-electron chi connectivity index (χ0n) is 7.66. The number of esters is 1. The van der Waals surface area contributed by atoms with Crippen molar-refractivity contribution in [2.24, 2.45) is 0 Å². The van der Waals surface area contributed by atoms with Crippen LogP contribution in [0.2, 0.25) is 0 Å². The number of hydrogen-bond acceptors (Lipinski definition) is 4. The number of nitrogens with zero attached hydrogens (tertiary/aromatic N) is 1. The molecule has 0 amide bonds. The van der Waals surface area contributed by atoms with Crippen LogP contribution in [0.1, 0.15) is 23.1 Å². The molecule has 4 nitrogen and oxygen atoms in total. The van der Waals surface area contributed by atoms with Crippen LogP contribution in [0.25, 0.3) is 0 Å². The molecule has 1 aromatic heterocycles. The Bertz CT molecular complexity index is 341. The van der Waals surface area contributed by atoms with Crippen LogP contribution >= 0.6 is 15.9 Å². The van der Waals surface area contributed by atoms with Crippen molar-refractivity contribution in [3.63, 3.8) is 0 Å². The molecule has 5 heteroatoms. The monoisotopic (exact) mass is 259 g/mol. The van der Waals surface area contributed by atoms with Crippen LogP contribution in [0, 0.1) is 0 Å². The molecule has 0 fully saturated rings. The number of rotatable bonds is 3. The summed E-state index contributed by atoms with van der Waals surface area (Å²) in [6, 6.07) is 3.29. The van der Waals surface area contributed by atoms with Crippen molar-refractivity contribution in [3.05, 3.63) is 28.0 Å². The van der Waals surface area contributed by atoms with Crippen molar-refractivity contribution in [2.45, 2.75) is 13.5 Å². The maximum Gasteiger partial charge on any atom is 0.358 e. The molecule has 0 saturated carbocycles. The van der Waals surface area contributed by atoms with Crippen LogP contribution in [-0.4, -0.2) is 22.7 Å². The van der Waals surface area contributed by atoms with Gasteiger partial charge in [-0.1, -0.05) is 0 Å². The van der Waals surface area contributed by atoms with Crippen molar-refractivity contribution in [3.8, 4) is 0 Å². The number of halogens is 1. The number of pyridine rings is 1. The third-order valence-electron chi connectivity index (χ3n) is 1.53. The normalized spacial score (nSPS) is 9.93. The summed E-state index contributed by atoms with van der Waals surface area (Å²) in [5.41, 5.74) is 0.634. The molecular weight excluding hydrogens is 250 g/mol. The van der Waals surface area contributed by atoms with E-state index in [1.54, 1.807) is 19.1 Å². The number of aromatic nitrogens is 1. The van der Waals surface area contributed by atoms with E-state index in [1.165, 1.54) is 0 Å². The lowest BCUT2D eigenvalue weighted by atomic mass is 10.3. The maximum atomic E-state index is 11.3. The highest BCUT2D eigenvalue weighted by atomic mass is 79.9. The zero-order chi connectivity index (χ0) is 10.6. The lowest BCUT2D eigenvalue weighted by molar-refractivity contribution is 0.0517. The summed E-state index contributed by atoms with van der Waals surface area (Å²) >= 11 is 3.19. The molecule has 0 aliphatic heterocycles. The highest BCUT2D eigenvalue weighted by Gasteiger charge is 2.13. The Morgan fingerprint density at radius 3 is 2.93 bits per heavy atom. The summed E-state index contributed by atoms with van der Waals surface area (Å²) in [7, 11) is 0. The predicted molar refractivity (Wildman–Crippen MR) is 53.8 cm³/mol. The van der Waals surface area contributed by atoms with E-state index in [4.69, 9.17) is 9.84 Å². The number of ether oxygens (including phenoxy) is 1. The van der Waals surface area contributed by atoms with Gasteiger partial charge >= 0.3 is 5.97 Å². The standard InChI is InChI=1S/C9H10BrNO3/c1-2-14-9(13)8-7(10)4-3-6(5-12)11-8/h3-4,12H,2,5H2,1H3. The fourth-order valence-corrected chi connectivity index (χ4v) is 1.30. The van der Waals surface area contributed by atoms with Gasteiger partial charge in [0.1, 0.15) is 0 Å². The smallest absolute Gasteiger partial charge is 0.358 e. The van der Waals surface area contributed by atoms with Gasteiger partial charge in [0.15, 0.2) is 5.69 Å². The van der Waals surface area contributed by atoms with E-state index in [0.29, 0.717) is 16.8 Å². The summed E-state index contributed by atoms with van der Waals surface area (Å²) in [6.07, 6.45) is 0. The average Bonchev–Trinajstić information content (AvgIpc) is 2.19. The Hall–Kier alpha value is -0.940. The SMILES string of the molecule is CCOC(=O)c1nc(CO)ccc1Br. The molecule has 1 heterocycles. The third-order valence-corrected chi connectivity index (χ3v) is 2.17. The minimum absolute atomic E-state index is 0.193. The van der Waals surface area contributed by atoms with Gasteiger partial charge in [0.05, 0.1) is 23.4 Å². The molecule has 0 aromatic carbocycles. The first-order chi connectivity index (χ1) is 6.69. The van der Waals surface area contributed by atoms with Gasteiger partial charge in [-0.2, -0.15) is 0 Å². The summed E-state index contributed by atoms with van der Waals surface area (Å²) in [4.78, 5) is 15.3. The molecule has 0 unspecified atom stereocenters. The van der Waals surface area contributed by atoms with Crippen LogP contribution < -0.4 is 0 Å². The topological polar surface area (TPSA) is 59.4 Å². The quantitative estimate of drug-likeness (QED) is 0.837. The Labute approximate surface area is 90.0 Å². The second kappa shape index (κ2) is 5.07. The second-order valence-electron chi connectivity index (χ2n) is 2.51. The highest BCUT2D eigenvalue weighted by Crippen LogP contribution is 2.16. The van der Waals surface area contributed by atoms with E-state index < -0.39 is 5.97 Å². The van der Waals surface area contributed by atoms with E-state index in [2.05, 4.69) is 20.9 Å². The number of aliphatic hydroxyl groups excluding tert-OH is 1. The summed E-state index contributed by atoms with van der Waals surface area (Å²) < 4.78 is 5.36. The van der Waals surface area contributed by atoms with E-state index in [0.717, 1.165) is 0 Å². The lowest BCUT2D eigenvalue weighted by Gasteiger charge is -2.04. The minimum Gasteiger partial charge on any atom is -0.461 e. The van der Waals surface area contributed by atoms with E-state index in [-0.39, 0.29) is 12.3 Å². The molecule has 1 aromatic rings. The van der Waals surface area contributed by atoms with Gasteiger partial charge in [-0.05, 0) is 35.0 Å². The van der Waals surface area contributed by atoms with Gasteiger partial charge < -0.3 is 9.84 Å². The summed E-state index contributed by atoms with van der Waals surface area (Å²) in [6.45, 7) is 1.83. The zero-order valence-corrected chi connectivity index (χ0v) is 9.24. The Morgan fingerprint density at radius 2 is 2.36 bits per heavy atom. The van der Waals surface area contributed by atoms with Crippen molar-refractivity contribution in [1.29, 1.82) is 0 Å². The van der Waals surface area contributed by atoms with Crippen molar-refractivity contribution >= 4 is 21.9 Å². The summed E-state index contributed by atoms with van der Waals surface area (Å²) in [5.74, 6) is -0.491. The summed E-state index contributed by atoms with van der Waals surface area (Å²) in [5, 5.41) is 8.83. The van der Waals surface area contributed by atoms with Gasteiger partial charge in [0.2, 0.25) is 0 Å². The molecule has 0 aliphatic rings. The molecule has 0 radical (unpaired) electrons. The van der Waals surface area contributed by atoms with Gasteiger partial charge in [-0.25, -0.2) is 9.78 Å². The Balaban J connectivity index is 2.99. The Kier molecular flexibility index (Phi) is 4.03. The van der Waals surface area contributed by atoms with Crippen LogP contribution in [0.5, 0.6) is 0 Å². The van der Waals surface area contributed by atoms with Crippen LogP contribution in [-0.2, 0) is 11.3 Å². The Morgan fingerprint density at radius 1 is 1.64 bits per heavy atom. The minimum atomic E-state index is -0.491. The maximum absolute atomic E-state index is 11.3. The molecule has 0 bridgehead atoms. The predicted octanol–water partition coefficient (Wildman–Crippen LogP) is 1.51. The first-order valence-corrected chi connectivity index (χ1v) is 4.91. The van der Waals surface area contributed by atoms with Gasteiger partial charge in [-0.15, -0.1) is 0 Å². The average molecular weight is 260 g/mol. The van der Waals surface area contributed by atoms with Gasteiger partial charge in [0.25, 0.3) is 0 Å². The molecule has 0 spiro atoms. The van der Waals surface area contributed by atoms with E-state index >= 15 is 0 Å². The molecule has 76 valence electrons. The first kappa shape index (κ1) is 11.1. The molecule has 0 aliphatic carbocycles. The lowest BCUT2D eigenvalue weighted by Crippen LogP contribution is -2.09. The van der Waals surface area contributed by atoms with E-state index in [9.17, 15) is 4.79 Å².